The molecule has 0 bridgehead atoms. The minimum absolute atomic E-state index is 0.0181. The molecule has 1 aliphatic rings. The van der Waals surface area contributed by atoms with Gasteiger partial charge in [-0.3, -0.25) is 4.79 Å². The lowest BCUT2D eigenvalue weighted by atomic mass is 9.98. The summed E-state index contributed by atoms with van der Waals surface area (Å²) in [6, 6.07) is 9.62. The number of carbonyl (C=O) groups excluding carboxylic acids is 1. The van der Waals surface area contributed by atoms with Gasteiger partial charge in [-0.25, -0.2) is 8.42 Å². The summed E-state index contributed by atoms with van der Waals surface area (Å²) < 4.78 is 22.6. The smallest absolute Gasteiger partial charge is 0.219 e. The third-order valence-corrected chi connectivity index (χ3v) is 5.00. The standard InChI is InChI=1S/C12H16N2O3S/c13-11(15)6-12(8-18(16,17)9-12)14-7-10-4-2-1-3-5-10/h1-5,14H,6-9H2,(H2,13,15). The first-order valence-electron chi connectivity index (χ1n) is 5.69. The number of sulfone groups is 1. The number of nitrogens with one attached hydrogen (secondary N) is 1. The number of carbonyl (C=O) groups is 1. The van der Waals surface area contributed by atoms with Crippen LogP contribution in [0.2, 0.25) is 0 Å². The fraction of sp³-hybridized carbons (Fsp3) is 0.417. The Morgan fingerprint density at radius 1 is 1.28 bits per heavy atom. The molecule has 0 aliphatic carbocycles. The first kappa shape index (κ1) is 13.0. The highest BCUT2D eigenvalue weighted by Crippen LogP contribution is 2.27. The normalized spacial score (nSPS) is 20.0. The van der Waals surface area contributed by atoms with Gasteiger partial charge < -0.3 is 11.1 Å². The van der Waals surface area contributed by atoms with Crippen molar-refractivity contribution in [1.29, 1.82) is 0 Å². The van der Waals surface area contributed by atoms with Crippen LogP contribution in [-0.2, 0) is 21.2 Å². The van der Waals surface area contributed by atoms with E-state index >= 15 is 0 Å². The number of rotatable bonds is 5. The van der Waals surface area contributed by atoms with Crippen LogP contribution in [-0.4, -0.2) is 31.4 Å². The van der Waals surface area contributed by atoms with Gasteiger partial charge in [-0.1, -0.05) is 30.3 Å². The van der Waals surface area contributed by atoms with Crippen LogP contribution in [0.15, 0.2) is 30.3 Å². The van der Waals surface area contributed by atoms with Crippen LogP contribution < -0.4 is 11.1 Å². The molecule has 2 rings (SSSR count). The van der Waals surface area contributed by atoms with Crippen LogP contribution in [0.25, 0.3) is 0 Å². The summed E-state index contributed by atoms with van der Waals surface area (Å²) in [5, 5.41) is 3.16. The molecule has 0 saturated carbocycles. The Kier molecular flexibility index (Phi) is 3.41. The van der Waals surface area contributed by atoms with Crippen molar-refractivity contribution >= 4 is 15.7 Å². The quantitative estimate of drug-likeness (QED) is 0.775. The Hall–Kier alpha value is -1.40. The lowest BCUT2D eigenvalue weighted by Crippen LogP contribution is -2.65. The van der Waals surface area contributed by atoms with Gasteiger partial charge in [0.15, 0.2) is 9.84 Å². The summed E-state index contributed by atoms with van der Waals surface area (Å²) >= 11 is 0. The van der Waals surface area contributed by atoms with E-state index in [0.29, 0.717) is 6.54 Å². The van der Waals surface area contributed by atoms with Crippen molar-refractivity contribution in [2.75, 3.05) is 11.5 Å². The fourth-order valence-electron chi connectivity index (χ4n) is 2.29. The van der Waals surface area contributed by atoms with Crippen molar-refractivity contribution in [2.24, 2.45) is 5.73 Å². The summed E-state index contributed by atoms with van der Waals surface area (Å²) in [6.07, 6.45) is 0.0546. The average Bonchev–Trinajstić information content (AvgIpc) is 2.24. The van der Waals surface area contributed by atoms with Crippen molar-refractivity contribution in [3.8, 4) is 0 Å². The molecule has 0 atom stereocenters. The maximum atomic E-state index is 11.3. The van der Waals surface area contributed by atoms with Gasteiger partial charge in [0, 0.05) is 13.0 Å². The highest BCUT2D eigenvalue weighted by atomic mass is 32.2. The lowest BCUT2D eigenvalue weighted by molar-refractivity contribution is -0.119. The molecule has 0 unspecified atom stereocenters. The van der Waals surface area contributed by atoms with Gasteiger partial charge in [0.25, 0.3) is 0 Å². The molecule has 0 spiro atoms. The van der Waals surface area contributed by atoms with Gasteiger partial charge in [-0.2, -0.15) is 0 Å². The van der Waals surface area contributed by atoms with E-state index < -0.39 is 21.3 Å². The van der Waals surface area contributed by atoms with Crippen LogP contribution >= 0.6 is 0 Å². The molecule has 1 fully saturated rings. The van der Waals surface area contributed by atoms with E-state index in [2.05, 4.69) is 5.32 Å². The van der Waals surface area contributed by atoms with Crippen LogP contribution in [0.1, 0.15) is 12.0 Å². The Balaban J connectivity index is 2.01. The number of primary amides is 1. The van der Waals surface area contributed by atoms with Crippen LogP contribution in [0, 0.1) is 0 Å². The zero-order valence-corrected chi connectivity index (χ0v) is 10.7. The fourth-order valence-corrected chi connectivity index (χ4v) is 4.29. The number of nitrogens with two attached hydrogens (primary N) is 1. The first-order chi connectivity index (χ1) is 8.41. The Morgan fingerprint density at radius 3 is 2.39 bits per heavy atom. The Morgan fingerprint density at radius 2 is 1.89 bits per heavy atom. The van der Waals surface area contributed by atoms with E-state index in [4.69, 9.17) is 5.73 Å². The molecule has 0 radical (unpaired) electrons. The molecule has 5 nitrogen and oxygen atoms in total. The second-order valence-corrected chi connectivity index (χ2v) is 6.86. The third-order valence-electron chi connectivity index (χ3n) is 3.02. The Labute approximate surface area is 106 Å². The predicted molar refractivity (Wildman–Crippen MR) is 68.5 cm³/mol. The summed E-state index contributed by atoms with van der Waals surface area (Å²) in [5.74, 6) is -0.517. The summed E-state index contributed by atoms with van der Waals surface area (Å²) in [4.78, 5) is 11.0. The molecule has 1 aromatic carbocycles. The minimum atomic E-state index is -3.01. The molecule has 1 aliphatic heterocycles. The van der Waals surface area contributed by atoms with E-state index in [1.165, 1.54) is 0 Å². The minimum Gasteiger partial charge on any atom is -0.370 e. The van der Waals surface area contributed by atoms with Crippen molar-refractivity contribution in [2.45, 2.75) is 18.5 Å². The zero-order chi connectivity index (χ0) is 13.2. The number of benzene rings is 1. The van der Waals surface area contributed by atoms with E-state index in [-0.39, 0.29) is 17.9 Å². The highest BCUT2D eigenvalue weighted by Gasteiger charge is 2.48. The summed E-state index contributed by atoms with van der Waals surface area (Å²) in [6.45, 7) is 0.531. The first-order valence-corrected chi connectivity index (χ1v) is 7.51. The van der Waals surface area contributed by atoms with Gasteiger partial charge in [-0.15, -0.1) is 0 Å². The average molecular weight is 268 g/mol. The lowest BCUT2D eigenvalue weighted by Gasteiger charge is -2.41. The highest BCUT2D eigenvalue weighted by molar-refractivity contribution is 7.93. The topological polar surface area (TPSA) is 89.3 Å². The van der Waals surface area contributed by atoms with E-state index in [1.807, 2.05) is 30.3 Å². The van der Waals surface area contributed by atoms with E-state index in [9.17, 15) is 13.2 Å². The van der Waals surface area contributed by atoms with E-state index in [1.54, 1.807) is 0 Å². The van der Waals surface area contributed by atoms with Crippen molar-refractivity contribution < 1.29 is 13.2 Å². The van der Waals surface area contributed by atoms with Gasteiger partial charge >= 0.3 is 0 Å². The molecule has 1 aromatic rings. The van der Waals surface area contributed by atoms with Crippen LogP contribution in [0.5, 0.6) is 0 Å². The van der Waals surface area contributed by atoms with E-state index in [0.717, 1.165) is 5.56 Å². The van der Waals surface area contributed by atoms with Crippen molar-refractivity contribution in [3.63, 3.8) is 0 Å². The molecule has 98 valence electrons. The molecule has 3 N–H and O–H groups in total. The number of amides is 1. The molecule has 6 heteroatoms. The molecule has 1 saturated heterocycles. The molecule has 0 aromatic heterocycles. The zero-order valence-electron chi connectivity index (χ0n) is 9.93. The molecule has 1 amide bonds. The second kappa shape index (κ2) is 4.70. The maximum Gasteiger partial charge on any atom is 0.219 e. The summed E-state index contributed by atoms with van der Waals surface area (Å²) in [5.41, 5.74) is 5.54. The summed E-state index contributed by atoms with van der Waals surface area (Å²) in [7, 11) is -3.01. The predicted octanol–water partition coefficient (Wildman–Crippen LogP) is -0.181. The number of hydrogen-bond donors (Lipinski definition) is 2. The van der Waals surface area contributed by atoms with Gasteiger partial charge in [0.05, 0.1) is 17.0 Å². The monoisotopic (exact) mass is 268 g/mol. The van der Waals surface area contributed by atoms with Crippen molar-refractivity contribution in [1.82, 2.24) is 5.32 Å². The largest absolute Gasteiger partial charge is 0.370 e. The molecule has 18 heavy (non-hydrogen) atoms. The third kappa shape index (κ3) is 3.08. The Bertz CT molecular complexity index is 528. The van der Waals surface area contributed by atoms with Crippen molar-refractivity contribution in [3.05, 3.63) is 35.9 Å². The SMILES string of the molecule is NC(=O)CC1(NCc2ccccc2)CS(=O)(=O)C1. The van der Waals surface area contributed by atoms with Gasteiger partial charge in [0.1, 0.15) is 0 Å². The molecular weight excluding hydrogens is 252 g/mol. The number of hydrogen-bond acceptors (Lipinski definition) is 4. The van der Waals surface area contributed by atoms with Gasteiger partial charge in [-0.05, 0) is 5.56 Å². The van der Waals surface area contributed by atoms with Crippen LogP contribution in [0.3, 0.4) is 0 Å². The van der Waals surface area contributed by atoms with Gasteiger partial charge in [0.2, 0.25) is 5.91 Å². The molecular formula is C12H16N2O3S. The maximum absolute atomic E-state index is 11.3. The van der Waals surface area contributed by atoms with Crippen LogP contribution in [0.4, 0.5) is 0 Å². The second-order valence-electron chi connectivity index (χ2n) is 4.79. The molecule has 1 heterocycles.